The Morgan fingerprint density at radius 1 is 0.882 bits per heavy atom. The highest BCUT2D eigenvalue weighted by Crippen LogP contribution is 2.39. The van der Waals surface area contributed by atoms with Crippen molar-refractivity contribution in [3.05, 3.63) is 94.4 Å². The van der Waals surface area contributed by atoms with E-state index in [-0.39, 0.29) is 23.1 Å². The van der Waals surface area contributed by atoms with E-state index in [1.165, 1.54) is 11.1 Å². The van der Waals surface area contributed by atoms with E-state index in [1.54, 1.807) is 0 Å². The second kappa shape index (κ2) is 8.88. The number of piperazine rings is 1. The van der Waals surface area contributed by atoms with E-state index in [0.717, 1.165) is 13.1 Å². The monoisotopic (exact) mass is 456 g/mol. The molecule has 0 N–H and O–H groups in total. The van der Waals surface area contributed by atoms with Gasteiger partial charge in [0.1, 0.15) is 5.76 Å². The summed E-state index contributed by atoms with van der Waals surface area (Å²) in [6.07, 6.45) is 1.18. The van der Waals surface area contributed by atoms with Crippen LogP contribution < -0.4 is 0 Å². The van der Waals surface area contributed by atoms with Gasteiger partial charge in [-0.3, -0.25) is 14.5 Å². The summed E-state index contributed by atoms with van der Waals surface area (Å²) in [5, 5.41) is 0. The number of Topliss-reactive ketones (excluding diaryl/α,β-unsaturated/α-hetero) is 1. The van der Waals surface area contributed by atoms with Gasteiger partial charge in [-0.2, -0.15) is 0 Å². The van der Waals surface area contributed by atoms with Crippen LogP contribution in [0.1, 0.15) is 69.7 Å². The maximum absolute atomic E-state index is 13.4. The molecule has 1 fully saturated rings. The van der Waals surface area contributed by atoms with Gasteiger partial charge in [0.05, 0.1) is 11.6 Å². The van der Waals surface area contributed by atoms with Gasteiger partial charge >= 0.3 is 0 Å². The van der Waals surface area contributed by atoms with E-state index < -0.39 is 0 Å². The van der Waals surface area contributed by atoms with Gasteiger partial charge in [-0.05, 0) is 23.5 Å². The first-order chi connectivity index (χ1) is 16.3. The first kappa shape index (κ1) is 22.6. The highest BCUT2D eigenvalue weighted by atomic mass is 16.4. The van der Waals surface area contributed by atoms with Crippen molar-refractivity contribution in [2.24, 2.45) is 5.41 Å². The van der Waals surface area contributed by atoms with Gasteiger partial charge in [-0.1, -0.05) is 74.5 Å². The van der Waals surface area contributed by atoms with Crippen LogP contribution in [0.2, 0.25) is 0 Å². The van der Waals surface area contributed by atoms with Gasteiger partial charge in [-0.25, -0.2) is 0 Å². The fourth-order valence-corrected chi connectivity index (χ4v) is 5.50. The van der Waals surface area contributed by atoms with Crippen molar-refractivity contribution in [2.45, 2.75) is 39.7 Å². The summed E-state index contributed by atoms with van der Waals surface area (Å²) < 4.78 is 6.05. The number of furan rings is 1. The Labute approximate surface area is 201 Å². The molecule has 2 heterocycles. The van der Waals surface area contributed by atoms with E-state index in [0.29, 0.717) is 48.6 Å². The van der Waals surface area contributed by atoms with Gasteiger partial charge in [0.2, 0.25) is 0 Å². The number of nitrogens with zero attached hydrogens (tertiary/aromatic N) is 2. The zero-order valence-electron chi connectivity index (χ0n) is 20.2. The molecule has 0 atom stereocenters. The Kier molecular flexibility index (Phi) is 5.90. The molecule has 0 bridgehead atoms. The summed E-state index contributed by atoms with van der Waals surface area (Å²) in [5.74, 6) is 0.999. The molecule has 1 aliphatic heterocycles. The van der Waals surface area contributed by atoms with Crippen LogP contribution in [-0.2, 0) is 6.42 Å². The SMILES string of the molecule is Cc1c(C(=O)N2CCN(C(c3ccccc3)c3ccccc3)CC2)oc2c1C(=O)CC(C)(C)C2. The Morgan fingerprint density at radius 3 is 2.00 bits per heavy atom. The minimum absolute atomic E-state index is 0.0879. The fraction of sp³-hybridized carbons (Fsp3) is 0.379. The summed E-state index contributed by atoms with van der Waals surface area (Å²) in [5.41, 5.74) is 3.71. The third kappa shape index (κ3) is 4.21. The molecule has 176 valence electrons. The zero-order chi connectivity index (χ0) is 23.9. The van der Waals surface area contributed by atoms with Crippen LogP contribution in [0.4, 0.5) is 0 Å². The third-order valence-electron chi connectivity index (χ3n) is 7.17. The Hall–Kier alpha value is -3.18. The second-order valence-corrected chi connectivity index (χ2v) is 10.3. The molecule has 5 rings (SSSR count). The van der Waals surface area contributed by atoms with Gasteiger partial charge < -0.3 is 9.32 Å². The lowest BCUT2D eigenvalue weighted by atomic mass is 9.76. The number of ketones is 1. The molecule has 2 aliphatic rings. The maximum Gasteiger partial charge on any atom is 0.289 e. The molecule has 1 aliphatic carbocycles. The molecular formula is C29H32N2O3. The predicted molar refractivity (Wildman–Crippen MR) is 132 cm³/mol. The lowest BCUT2D eigenvalue weighted by molar-refractivity contribution is 0.0563. The minimum atomic E-state index is -0.135. The number of amides is 1. The summed E-state index contributed by atoms with van der Waals surface area (Å²) in [7, 11) is 0. The fourth-order valence-electron chi connectivity index (χ4n) is 5.50. The second-order valence-electron chi connectivity index (χ2n) is 10.3. The largest absolute Gasteiger partial charge is 0.455 e. The van der Waals surface area contributed by atoms with Crippen molar-refractivity contribution in [3.8, 4) is 0 Å². The van der Waals surface area contributed by atoms with Crippen LogP contribution in [0.15, 0.2) is 65.1 Å². The Bertz CT molecular complexity index is 1150. The van der Waals surface area contributed by atoms with Crippen molar-refractivity contribution < 1.29 is 14.0 Å². The summed E-state index contributed by atoms with van der Waals surface area (Å²) in [6.45, 7) is 8.78. The molecule has 1 aromatic heterocycles. The van der Waals surface area contributed by atoms with Crippen molar-refractivity contribution in [2.75, 3.05) is 26.2 Å². The number of carbonyl (C=O) groups excluding carboxylic acids is 2. The number of carbonyl (C=O) groups is 2. The van der Waals surface area contributed by atoms with Crippen LogP contribution in [0, 0.1) is 12.3 Å². The molecule has 0 radical (unpaired) electrons. The highest BCUT2D eigenvalue weighted by Gasteiger charge is 2.38. The Morgan fingerprint density at radius 2 is 1.44 bits per heavy atom. The van der Waals surface area contributed by atoms with E-state index >= 15 is 0 Å². The van der Waals surface area contributed by atoms with E-state index in [2.05, 4.69) is 67.3 Å². The lowest BCUT2D eigenvalue weighted by Crippen LogP contribution is -2.49. The molecule has 0 saturated carbocycles. The van der Waals surface area contributed by atoms with Gasteiger partial charge in [-0.15, -0.1) is 0 Å². The van der Waals surface area contributed by atoms with Crippen LogP contribution in [0.3, 0.4) is 0 Å². The quantitative estimate of drug-likeness (QED) is 0.535. The topological polar surface area (TPSA) is 53.8 Å². The molecule has 0 spiro atoms. The van der Waals surface area contributed by atoms with Crippen molar-refractivity contribution in [1.82, 2.24) is 9.80 Å². The average molecular weight is 457 g/mol. The van der Waals surface area contributed by atoms with Crippen LogP contribution >= 0.6 is 0 Å². The molecule has 5 heteroatoms. The first-order valence-corrected chi connectivity index (χ1v) is 12.1. The summed E-state index contributed by atoms with van der Waals surface area (Å²) in [6, 6.07) is 21.2. The molecular weight excluding hydrogens is 424 g/mol. The highest BCUT2D eigenvalue weighted by molar-refractivity contribution is 6.03. The van der Waals surface area contributed by atoms with E-state index in [9.17, 15) is 9.59 Å². The van der Waals surface area contributed by atoms with Crippen molar-refractivity contribution in [3.63, 3.8) is 0 Å². The van der Waals surface area contributed by atoms with Gasteiger partial charge in [0.15, 0.2) is 11.5 Å². The molecule has 34 heavy (non-hydrogen) atoms. The number of fused-ring (bicyclic) bond motifs is 1. The number of rotatable bonds is 4. The Balaban J connectivity index is 1.34. The van der Waals surface area contributed by atoms with Gasteiger partial charge in [0, 0.05) is 44.6 Å². The molecule has 3 aromatic rings. The third-order valence-corrected chi connectivity index (χ3v) is 7.17. The number of hydrogen-bond acceptors (Lipinski definition) is 4. The summed E-state index contributed by atoms with van der Waals surface area (Å²) in [4.78, 5) is 30.5. The minimum Gasteiger partial charge on any atom is -0.455 e. The predicted octanol–water partition coefficient (Wildman–Crippen LogP) is 5.29. The molecule has 5 nitrogen and oxygen atoms in total. The lowest BCUT2D eigenvalue weighted by Gasteiger charge is -2.39. The normalized spacial score (nSPS) is 18.2. The molecule has 2 aromatic carbocycles. The zero-order valence-corrected chi connectivity index (χ0v) is 20.2. The molecule has 1 saturated heterocycles. The average Bonchev–Trinajstić information content (AvgIpc) is 3.15. The van der Waals surface area contributed by atoms with E-state index in [4.69, 9.17) is 4.42 Å². The number of benzene rings is 2. The number of hydrogen-bond donors (Lipinski definition) is 0. The first-order valence-electron chi connectivity index (χ1n) is 12.1. The summed E-state index contributed by atoms with van der Waals surface area (Å²) >= 11 is 0. The van der Waals surface area contributed by atoms with Crippen molar-refractivity contribution in [1.29, 1.82) is 0 Å². The van der Waals surface area contributed by atoms with E-state index in [1.807, 2.05) is 24.0 Å². The van der Waals surface area contributed by atoms with Crippen LogP contribution in [0.25, 0.3) is 0 Å². The van der Waals surface area contributed by atoms with Crippen molar-refractivity contribution >= 4 is 11.7 Å². The standard InChI is InChI=1S/C29H32N2O3/c1-20-25-23(32)18-29(2,3)19-24(25)34-27(20)28(33)31-16-14-30(15-17-31)26(21-10-6-4-7-11-21)22-12-8-5-9-13-22/h4-13,26H,14-19H2,1-3H3. The maximum atomic E-state index is 13.4. The van der Waals surface area contributed by atoms with Crippen LogP contribution in [-0.4, -0.2) is 47.7 Å². The molecule has 0 unspecified atom stereocenters. The molecule has 1 amide bonds. The van der Waals surface area contributed by atoms with Gasteiger partial charge in [0.25, 0.3) is 5.91 Å². The van der Waals surface area contributed by atoms with Crippen LogP contribution in [0.5, 0.6) is 0 Å². The smallest absolute Gasteiger partial charge is 0.289 e.